The summed E-state index contributed by atoms with van der Waals surface area (Å²) in [4.78, 5) is 22.5. The highest BCUT2D eigenvalue weighted by Gasteiger charge is 2.25. The lowest BCUT2D eigenvalue weighted by Crippen LogP contribution is -2.40. The Hall–Kier alpha value is -3.53. The van der Waals surface area contributed by atoms with Crippen LogP contribution in [0.1, 0.15) is 58.1 Å². The average molecular weight is 591 g/mol. The van der Waals surface area contributed by atoms with E-state index in [9.17, 15) is 9.90 Å². The fourth-order valence-electron chi connectivity index (χ4n) is 6.20. The third-order valence-corrected chi connectivity index (χ3v) is 8.67. The Kier molecular flexibility index (Phi) is 9.95. The summed E-state index contributed by atoms with van der Waals surface area (Å²) in [5.41, 5.74) is 6.66. The van der Waals surface area contributed by atoms with Gasteiger partial charge >= 0.3 is 0 Å². The number of nitrogens with zero attached hydrogens (tertiary/aromatic N) is 3. The first-order valence-corrected chi connectivity index (χ1v) is 15.3. The van der Waals surface area contributed by atoms with Gasteiger partial charge in [0.15, 0.2) is 0 Å². The van der Waals surface area contributed by atoms with Crippen molar-refractivity contribution in [3.05, 3.63) is 75.7 Å². The molecule has 2 aliphatic heterocycles. The minimum Gasteiger partial charge on any atom is -0.493 e. The average Bonchev–Trinajstić information content (AvgIpc) is 3.00. The smallest absolute Gasteiger partial charge is 0.251 e. The predicted octanol–water partition coefficient (Wildman–Crippen LogP) is 5.29. The molecule has 0 saturated carbocycles. The predicted molar refractivity (Wildman–Crippen MR) is 166 cm³/mol. The van der Waals surface area contributed by atoms with Gasteiger partial charge in [0.25, 0.3) is 5.91 Å². The van der Waals surface area contributed by atoms with Gasteiger partial charge in [0.05, 0.1) is 13.2 Å². The van der Waals surface area contributed by atoms with E-state index in [1.807, 2.05) is 45.0 Å². The summed E-state index contributed by atoms with van der Waals surface area (Å²) in [6, 6.07) is 11.5. The van der Waals surface area contributed by atoms with Gasteiger partial charge in [-0.05, 0) is 87.1 Å². The molecule has 3 heterocycles. The summed E-state index contributed by atoms with van der Waals surface area (Å²) in [6.07, 6.45) is 1.81. The summed E-state index contributed by atoms with van der Waals surface area (Å²) < 4.78 is 26.5. The molecule has 2 fully saturated rings. The van der Waals surface area contributed by atoms with Crippen LogP contribution in [-0.4, -0.2) is 73.0 Å². The number of rotatable bonds is 9. The van der Waals surface area contributed by atoms with Crippen LogP contribution in [0.2, 0.25) is 0 Å². The molecule has 2 saturated heterocycles. The van der Waals surface area contributed by atoms with Crippen LogP contribution in [0, 0.1) is 26.6 Å². The molecule has 9 heteroatoms. The molecule has 0 aliphatic carbocycles. The lowest BCUT2D eigenvalue weighted by molar-refractivity contribution is 0.0337. The topological polar surface area (TPSA) is 87.2 Å². The molecule has 43 heavy (non-hydrogen) atoms. The van der Waals surface area contributed by atoms with Crippen LogP contribution < -0.4 is 10.2 Å². The zero-order valence-electron chi connectivity index (χ0n) is 25.7. The minimum absolute atomic E-state index is 0.0757. The number of morpholine rings is 1. The molecular weight excluding hydrogens is 547 g/mol. The number of benzene rings is 2. The molecule has 0 radical (unpaired) electrons. The van der Waals surface area contributed by atoms with E-state index in [4.69, 9.17) is 9.47 Å². The quantitative estimate of drug-likeness (QED) is 0.350. The molecular formula is C34H43FN4O4. The first kappa shape index (κ1) is 30.9. The SMILES string of the molecule is CCN(c1cc(-c2ccc(CN3CCOCC3)c(F)c2)cc(C(=O)NCc2c(C)cc(C)nc2O)c1C)C1CCOCC1. The molecule has 5 rings (SSSR count). The zero-order valence-corrected chi connectivity index (χ0v) is 25.7. The number of amides is 1. The molecule has 230 valence electrons. The number of nitrogens with one attached hydrogen (secondary N) is 1. The van der Waals surface area contributed by atoms with E-state index in [1.54, 1.807) is 6.07 Å². The van der Waals surface area contributed by atoms with Crippen molar-refractivity contribution >= 4 is 11.6 Å². The maximum atomic E-state index is 15.5. The third kappa shape index (κ3) is 7.17. The molecule has 8 nitrogen and oxygen atoms in total. The Labute approximate surface area is 253 Å². The van der Waals surface area contributed by atoms with Gasteiger partial charge in [0.1, 0.15) is 5.82 Å². The second-order valence-electron chi connectivity index (χ2n) is 11.6. The summed E-state index contributed by atoms with van der Waals surface area (Å²) in [5, 5.41) is 13.4. The molecule has 2 aromatic carbocycles. The number of ether oxygens (including phenoxy) is 2. The summed E-state index contributed by atoms with van der Waals surface area (Å²) in [5.74, 6) is -0.590. The Morgan fingerprint density at radius 2 is 1.77 bits per heavy atom. The van der Waals surface area contributed by atoms with Crippen molar-refractivity contribution in [3.63, 3.8) is 0 Å². The Morgan fingerprint density at radius 3 is 2.44 bits per heavy atom. The lowest BCUT2D eigenvalue weighted by Gasteiger charge is -2.37. The van der Waals surface area contributed by atoms with Crippen molar-refractivity contribution in [2.45, 2.75) is 59.7 Å². The van der Waals surface area contributed by atoms with Crippen LogP contribution in [0.25, 0.3) is 11.1 Å². The summed E-state index contributed by atoms with van der Waals surface area (Å²) in [7, 11) is 0. The number of aromatic nitrogens is 1. The van der Waals surface area contributed by atoms with Crippen LogP contribution in [-0.2, 0) is 22.6 Å². The number of carbonyl (C=O) groups is 1. The maximum Gasteiger partial charge on any atom is 0.251 e. The second kappa shape index (κ2) is 13.8. The highest BCUT2D eigenvalue weighted by atomic mass is 19.1. The highest BCUT2D eigenvalue weighted by molar-refractivity contribution is 5.99. The van der Waals surface area contributed by atoms with E-state index in [0.717, 1.165) is 60.4 Å². The number of carbonyl (C=O) groups excluding carboxylic acids is 1. The van der Waals surface area contributed by atoms with Gasteiger partial charge in [-0.2, -0.15) is 0 Å². The molecule has 1 amide bonds. The van der Waals surface area contributed by atoms with Gasteiger partial charge in [-0.25, -0.2) is 9.37 Å². The second-order valence-corrected chi connectivity index (χ2v) is 11.6. The molecule has 0 bridgehead atoms. The number of aryl methyl sites for hydroxylation is 2. The van der Waals surface area contributed by atoms with E-state index < -0.39 is 0 Å². The van der Waals surface area contributed by atoms with E-state index >= 15 is 4.39 Å². The van der Waals surface area contributed by atoms with E-state index in [0.29, 0.717) is 55.4 Å². The lowest BCUT2D eigenvalue weighted by atomic mass is 9.94. The van der Waals surface area contributed by atoms with Crippen molar-refractivity contribution in [3.8, 4) is 17.0 Å². The van der Waals surface area contributed by atoms with Gasteiger partial charge < -0.3 is 24.8 Å². The number of aromatic hydroxyl groups is 1. The van der Waals surface area contributed by atoms with Crippen LogP contribution in [0.5, 0.6) is 5.88 Å². The first-order chi connectivity index (χ1) is 20.7. The molecule has 0 unspecified atom stereocenters. The van der Waals surface area contributed by atoms with Crippen LogP contribution in [0.4, 0.5) is 10.1 Å². The van der Waals surface area contributed by atoms with Gasteiger partial charge in [-0.15, -0.1) is 0 Å². The number of hydrogen-bond acceptors (Lipinski definition) is 7. The highest BCUT2D eigenvalue weighted by Crippen LogP contribution is 2.34. The van der Waals surface area contributed by atoms with Crippen molar-refractivity contribution in [2.75, 3.05) is 51.0 Å². The van der Waals surface area contributed by atoms with Crippen molar-refractivity contribution in [2.24, 2.45) is 0 Å². The molecule has 0 spiro atoms. The normalized spacial score (nSPS) is 16.3. The molecule has 2 aliphatic rings. The van der Waals surface area contributed by atoms with E-state index in [1.165, 1.54) is 0 Å². The van der Waals surface area contributed by atoms with E-state index in [-0.39, 0.29) is 30.2 Å². The van der Waals surface area contributed by atoms with Gasteiger partial charge in [-0.1, -0.05) is 12.1 Å². The molecule has 0 atom stereocenters. The first-order valence-electron chi connectivity index (χ1n) is 15.3. The standard InChI is InChI=1S/C34H43FN4O4/c1-5-39(28-8-12-42-13-9-28)32-19-27(25-6-7-26(31(35)18-25)21-38-10-14-43-15-11-38)17-29(24(32)4)33(40)36-20-30-22(2)16-23(3)37-34(30)41/h6-7,16-19,28H,5,8-15,20-21H2,1-4H3,(H,36,40)(H,37,41). The largest absolute Gasteiger partial charge is 0.493 e. The van der Waals surface area contributed by atoms with Crippen molar-refractivity contribution in [1.82, 2.24) is 15.2 Å². The Morgan fingerprint density at radius 1 is 1.05 bits per heavy atom. The monoisotopic (exact) mass is 590 g/mol. The zero-order chi connectivity index (χ0) is 30.5. The van der Waals surface area contributed by atoms with Crippen molar-refractivity contribution < 1.29 is 23.8 Å². The number of anilines is 1. The molecule has 1 aromatic heterocycles. The van der Waals surface area contributed by atoms with Gasteiger partial charge in [0, 0.05) is 80.1 Å². The summed E-state index contributed by atoms with van der Waals surface area (Å²) in [6.45, 7) is 13.6. The molecule has 3 aromatic rings. The van der Waals surface area contributed by atoms with Crippen LogP contribution in [0.15, 0.2) is 36.4 Å². The fraction of sp³-hybridized carbons (Fsp3) is 0.471. The minimum atomic E-state index is -0.258. The molecule has 2 N–H and O–H groups in total. The number of halogens is 1. The maximum absolute atomic E-state index is 15.5. The van der Waals surface area contributed by atoms with Gasteiger partial charge in [0.2, 0.25) is 5.88 Å². The Balaban J connectivity index is 1.49. The van der Waals surface area contributed by atoms with Gasteiger partial charge in [-0.3, -0.25) is 9.69 Å². The van der Waals surface area contributed by atoms with Crippen molar-refractivity contribution in [1.29, 1.82) is 0 Å². The summed E-state index contributed by atoms with van der Waals surface area (Å²) >= 11 is 0. The number of hydrogen-bond donors (Lipinski definition) is 2. The van der Waals surface area contributed by atoms with Crippen LogP contribution >= 0.6 is 0 Å². The third-order valence-electron chi connectivity index (χ3n) is 8.67. The van der Waals surface area contributed by atoms with E-state index in [2.05, 4.69) is 33.1 Å². The van der Waals surface area contributed by atoms with Crippen LogP contribution in [0.3, 0.4) is 0 Å². The number of pyridine rings is 1. The fourth-order valence-corrected chi connectivity index (χ4v) is 6.20. The Bertz CT molecular complexity index is 1430.